The van der Waals surface area contributed by atoms with Crippen LogP contribution in [0.5, 0.6) is 23.0 Å². The van der Waals surface area contributed by atoms with Gasteiger partial charge in [0.25, 0.3) is 0 Å². The molecule has 0 bridgehead atoms. The molecule has 0 spiro atoms. The van der Waals surface area contributed by atoms with Gasteiger partial charge in [0.15, 0.2) is 48.0 Å². The maximum Gasteiger partial charge on any atom is 0.331 e. The van der Waals surface area contributed by atoms with Crippen LogP contribution in [0.3, 0.4) is 0 Å². The van der Waals surface area contributed by atoms with Crippen molar-refractivity contribution in [3.8, 4) is 23.0 Å². The summed E-state index contributed by atoms with van der Waals surface area (Å²) in [6.07, 6.45) is -18.1. The minimum atomic E-state index is -2.16. The summed E-state index contributed by atoms with van der Waals surface area (Å²) in [4.78, 5) is 13.2. The maximum atomic E-state index is 13.2. The molecule has 3 fully saturated rings. The van der Waals surface area contributed by atoms with Gasteiger partial charge in [0, 0.05) is 6.08 Å². The number of ether oxygens (including phenoxy) is 7. The zero-order valence-electron chi connectivity index (χ0n) is 28.4. The zero-order valence-corrected chi connectivity index (χ0v) is 28.4. The molecule has 3 heterocycles. The predicted molar refractivity (Wildman–Crippen MR) is 175 cm³/mol. The molecule has 20 heteroatoms. The van der Waals surface area contributed by atoms with E-state index < -0.39 is 123 Å². The van der Waals surface area contributed by atoms with Gasteiger partial charge in [0.05, 0.1) is 33.0 Å². The van der Waals surface area contributed by atoms with E-state index in [0.717, 1.165) is 12.1 Å². The van der Waals surface area contributed by atoms with Gasteiger partial charge in [-0.1, -0.05) is 12.1 Å². The maximum absolute atomic E-state index is 13.2. The van der Waals surface area contributed by atoms with Gasteiger partial charge in [-0.25, -0.2) is 4.79 Å². The normalized spacial score (nSPS) is 35.7. The number of rotatable bonds is 14. The Kier molecular flexibility index (Phi) is 13.7. The second-order valence-corrected chi connectivity index (χ2v) is 13.0. The van der Waals surface area contributed by atoms with Gasteiger partial charge < -0.3 is 94.4 Å². The molecule has 2 aromatic rings. The van der Waals surface area contributed by atoms with E-state index in [0.29, 0.717) is 5.56 Å². The van der Waals surface area contributed by atoms with Gasteiger partial charge in [0.1, 0.15) is 54.4 Å². The SMILES string of the molecule is O=C(C=Cc1ccc(O)c(O)c1)O[C@H]1[C@H](O[C@H]2OC[C@](O)(CO)[C@H]2O)[C@H](O)[C@H](OCCc2ccc(O)c(O)c2)O[C@@H]1CO[C@@H]1O[C@H](CO)[C@@H](O)[C@H](O)[C@H]1O. The van der Waals surface area contributed by atoms with Crippen LogP contribution in [0.25, 0.3) is 6.08 Å². The minimum Gasteiger partial charge on any atom is -0.504 e. The number of aliphatic hydroxyl groups is 8. The van der Waals surface area contributed by atoms with Crippen LogP contribution >= 0.6 is 0 Å². The van der Waals surface area contributed by atoms with Crippen LogP contribution in [0, 0.1) is 0 Å². The summed E-state index contributed by atoms with van der Waals surface area (Å²) in [7, 11) is 0. The number of phenols is 4. The molecule has 0 aliphatic carbocycles. The average molecular weight is 773 g/mol. The highest BCUT2D eigenvalue weighted by molar-refractivity contribution is 5.87. The molecule has 0 radical (unpaired) electrons. The van der Waals surface area contributed by atoms with Crippen molar-refractivity contribution in [2.45, 2.75) is 85.8 Å². The molecule has 300 valence electrons. The Hall–Kier alpha value is -3.71. The molecule has 3 aliphatic rings. The van der Waals surface area contributed by atoms with Crippen molar-refractivity contribution in [1.29, 1.82) is 0 Å². The van der Waals surface area contributed by atoms with E-state index in [1.54, 1.807) is 0 Å². The number of carbonyl (C=O) groups is 1. The Labute approximate surface area is 306 Å². The van der Waals surface area contributed by atoms with Gasteiger partial charge in [-0.05, 0) is 47.9 Å². The second kappa shape index (κ2) is 17.8. The Bertz CT molecular complexity index is 1590. The van der Waals surface area contributed by atoms with Gasteiger partial charge in [0.2, 0.25) is 0 Å². The number of aromatic hydroxyl groups is 4. The van der Waals surface area contributed by atoms with E-state index in [4.69, 9.17) is 33.2 Å². The molecular weight excluding hydrogens is 728 g/mol. The lowest BCUT2D eigenvalue weighted by Crippen LogP contribution is -2.64. The van der Waals surface area contributed by atoms with E-state index >= 15 is 0 Å². The Morgan fingerprint density at radius 3 is 2.09 bits per heavy atom. The van der Waals surface area contributed by atoms with E-state index in [1.807, 2.05) is 0 Å². The van der Waals surface area contributed by atoms with E-state index in [9.17, 15) is 66.1 Å². The van der Waals surface area contributed by atoms with E-state index in [1.165, 1.54) is 36.4 Å². The predicted octanol–water partition coefficient (Wildman–Crippen LogP) is -3.58. The number of carbonyl (C=O) groups excluding carboxylic acids is 1. The Morgan fingerprint density at radius 2 is 1.44 bits per heavy atom. The van der Waals surface area contributed by atoms with Crippen molar-refractivity contribution >= 4 is 12.0 Å². The van der Waals surface area contributed by atoms with E-state index in [-0.39, 0.29) is 30.1 Å². The van der Waals surface area contributed by atoms with E-state index in [2.05, 4.69) is 0 Å². The molecule has 12 N–H and O–H groups in total. The smallest absolute Gasteiger partial charge is 0.331 e. The first-order valence-electron chi connectivity index (χ1n) is 16.7. The number of aliphatic hydroxyl groups excluding tert-OH is 7. The second-order valence-electron chi connectivity index (χ2n) is 13.0. The van der Waals surface area contributed by atoms with Crippen LogP contribution in [0.1, 0.15) is 11.1 Å². The Balaban J connectivity index is 1.42. The number of hydrogen-bond donors (Lipinski definition) is 12. The van der Waals surface area contributed by atoms with Crippen molar-refractivity contribution in [2.24, 2.45) is 0 Å². The molecule has 3 aliphatic heterocycles. The third-order valence-corrected chi connectivity index (χ3v) is 9.14. The number of hydrogen-bond acceptors (Lipinski definition) is 20. The van der Waals surface area contributed by atoms with Crippen LogP contribution in [-0.2, 0) is 44.4 Å². The molecule has 13 atom stereocenters. The van der Waals surface area contributed by atoms with Crippen molar-refractivity contribution in [3.63, 3.8) is 0 Å². The molecule has 0 unspecified atom stereocenters. The molecule has 0 amide bonds. The van der Waals surface area contributed by atoms with Crippen LogP contribution in [0.2, 0.25) is 0 Å². The fourth-order valence-corrected chi connectivity index (χ4v) is 5.92. The lowest BCUT2D eigenvalue weighted by molar-refractivity contribution is -0.345. The quantitative estimate of drug-likeness (QED) is 0.0502. The minimum absolute atomic E-state index is 0.113. The van der Waals surface area contributed by atoms with Gasteiger partial charge in [-0.15, -0.1) is 0 Å². The number of esters is 1. The van der Waals surface area contributed by atoms with Crippen molar-refractivity contribution < 1.29 is 99.2 Å². The number of phenolic OH excluding ortho intramolecular Hbond substituents is 4. The first-order chi connectivity index (χ1) is 25.6. The zero-order chi connectivity index (χ0) is 39.3. The fraction of sp³-hybridized carbons (Fsp3) is 0.559. The first-order valence-corrected chi connectivity index (χ1v) is 16.7. The first kappa shape index (κ1) is 41.5. The van der Waals surface area contributed by atoms with Crippen LogP contribution in [0.15, 0.2) is 42.5 Å². The third-order valence-electron chi connectivity index (χ3n) is 9.14. The van der Waals surface area contributed by atoms with Crippen LogP contribution in [-0.4, -0.2) is 180 Å². The highest BCUT2D eigenvalue weighted by Crippen LogP contribution is 2.34. The molecule has 3 saturated heterocycles. The summed E-state index contributed by atoms with van der Waals surface area (Å²) in [5.41, 5.74) is -1.39. The largest absolute Gasteiger partial charge is 0.504 e. The number of benzene rings is 2. The fourth-order valence-electron chi connectivity index (χ4n) is 5.92. The summed E-state index contributed by atoms with van der Waals surface area (Å²) in [5, 5.41) is 122. The highest BCUT2D eigenvalue weighted by Gasteiger charge is 2.55. The lowest BCUT2D eigenvalue weighted by Gasteiger charge is -2.45. The summed E-state index contributed by atoms with van der Waals surface area (Å²) < 4.78 is 39.8. The lowest BCUT2D eigenvalue weighted by atomic mass is 9.97. The van der Waals surface area contributed by atoms with Crippen molar-refractivity contribution in [2.75, 3.05) is 33.0 Å². The van der Waals surface area contributed by atoms with Crippen LogP contribution in [0.4, 0.5) is 0 Å². The summed E-state index contributed by atoms with van der Waals surface area (Å²) in [5.74, 6) is -2.71. The summed E-state index contributed by atoms with van der Waals surface area (Å²) >= 11 is 0. The molecule has 20 nitrogen and oxygen atoms in total. The molecule has 5 rings (SSSR count). The van der Waals surface area contributed by atoms with Crippen molar-refractivity contribution in [1.82, 2.24) is 0 Å². The molecule has 2 aromatic carbocycles. The third kappa shape index (κ3) is 9.38. The van der Waals surface area contributed by atoms with Gasteiger partial charge >= 0.3 is 5.97 Å². The summed E-state index contributed by atoms with van der Waals surface area (Å²) in [6.45, 7) is -3.16. The van der Waals surface area contributed by atoms with Gasteiger partial charge in [-0.2, -0.15) is 0 Å². The Morgan fingerprint density at radius 1 is 0.778 bits per heavy atom. The topological polar surface area (TPSA) is 324 Å². The molecule has 0 saturated carbocycles. The molecular formula is C34H44O20. The highest BCUT2D eigenvalue weighted by atomic mass is 16.8. The monoisotopic (exact) mass is 772 g/mol. The average Bonchev–Trinajstić information content (AvgIpc) is 3.44. The van der Waals surface area contributed by atoms with Crippen molar-refractivity contribution in [3.05, 3.63) is 53.6 Å². The van der Waals surface area contributed by atoms with Gasteiger partial charge in [-0.3, -0.25) is 0 Å². The molecule has 0 aromatic heterocycles. The standard InChI is InChI=1S/C34H44O20/c35-11-21-24(42)25(43)26(44)31(51-21)49-12-22-28(53-23(41)6-3-15-1-4-17(37)19(39)9-15)29(54-33-30(46)34(47,13-36)14-50-33)27(45)32(52-22)48-8-7-16-2-5-18(38)20(40)10-16/h1-6,9-10,21-22,24-33,35-40,42-47H,7-8,11-14H2/t21-,22-,24-,25+,26-,27+,28-,29-,30+,31-,32-,33-,34-/m1/s1. The summed E-state index contributed by atoms with van der Waals surface area (Å²) in [6, 6.07) is 7.74. The molecule has 54 heavy (non-hydrogen) atoms. The van der Waals surface area contributed by atoms with Crippen LogP contribution < -0.4 is 0 Å².